The molecule has 0 aliphatic carbocycles. The summed E-state index contributed by atoms with van der Waals surface area (Å²) in [6.07, 6.45) is -4.26. The van der Waals surface area contributed by atoms with Gasteiger partial charge in [-0.05, 0) is 0 Å². The number of hydrogen-bond donors (Lipinski definition) is 0. The van der Waals surface area contributed by atoms with Gasteiger partial charge < -0.3 is 0 Å². The molecule has 0 saturated heterocycles. The molecule has 0 aliphatic rings. The molecular formula is C9H8F3-. The van der Waals surface area contributed by atoms with Crippen LogP contribution in [0.4, 0.5) is 13.2 Å². The summed E-state index contributed by atoms with van der Waals surface area (Å²) >= 11 is 0. The molecule has 0 atom stereocenters. The quantitative estimate of drug-likeness (QED) is 0.529. The molecule has 3 heteroatoms. The first-order valence-corrected chi connectivity index (χ1v) is 3.47. The van der Waals surface area contributed by atoms with E-state index in [0.717, 1.165) is 17.7 Å². The van der Waals surface area contributed by atoms with E-state index >= 15 is 0 Å². The van der Waals surface area contributed by atoms with Gasteiger partial charge in [-0.15, -0.1) is 0 Å². The fourth-order valence-electron chi connectivity index (χ4n) is 0.847. The Morgan fingerprint density at radius 2 is 1.83 bits per heavy atom. The fraction of sp³-hybridized carbons (Fsp3) is 0.333. The van der Waals surface area contributed by atoms with Gasteiger partial charge in [0.2, 0.25) is 0 Å². The number of hydrogen-bond acceptors (Lipinski definition) is 0. The highest BCUT2D eigenvalue weighted by Gasteiger charge is 2.24. The number of halogens is 3. The molecule has 0 heterocycles. The van der Waals surface area contributed by atoms with E-state index in [2.05, 4.69) is 6.07 Å². The second-order valence-electron chi connectivity index (χ2n) is 2.69. The van der Waals surface area contributed by atoms with Crippen LogP contribution in [0.2, 0.25) is 0 Å². The lowest BCUT2D eigenvalue weighted by Gasteiger charge is -2.16. The first-order chi connectivity index (χ1) is 5.41. The van der Waals surface area contributed by atoms with E-state index in [1.807, 2.05) is 0 Å². The highest BCUT2D eigenvalue weighted by atomic mass is 19.4. The van der Waals surface area contributed by atoms with Gasteiger partial charge in [0.15, 0.2) is 0 Å². The van der Waals surface area contributed by atoms with Crippen molar-refractivity contribution < 1.29 is 13.2 Å². The zero-order valence-electron chi connectivity index (χ0n) is 6.79. The Morgan fingerprint density at radius 1 is 1.25 bits per heavy atom. The second kappa shape index (κ2) is 2.81. The fourth-order valence-corrected chi connectivity index (χ4v) is 0.847. The molecule has 0 spiro atoms. The number of alkyl halides is 3. The Bertz CT molecular complexity index is 286. The monoisotopic (exact) mass is 173 g/mol. The number of aryl methyl sites for hydroxylation is 2. The van der Waals surface area contributed by atoms with Crippen molar-refractivity contribution in [1.82, 2.24) is 0 Å². The van der Waals surface area contributed by atoms with Crippen LogP contribution in [0.25, 0.3) is 0 Å². The van der Waals surface area contributed by atoms with E-state index in [-0.39, 0.29) is 0 Å². The molecular weight excluding hydrogens is 165 g/mol. The lowest BCUT2D eigenvalue weighted by Crippen LogP contribution is -2.05. The van der Waals surface area contributed by atoms with Crippen LogP contribution in [-0.4, -0.2) is 0 Å². The first kappa shape index (κ1) is 9.10. The van der Waals surface area contributed by atoms with Crippen molar-refractivity contribution in [2.75, 3.05) is 0 Å². The molecule has 1 rings (SSSR count). The third kappa shape index (κ3) is 1.78. The minimum absolute atomic E-state index is 0.616. The summed E-state index contributed by atoms with van der Waals surface area (Å²) in [5.74, 6) is 0. The van der Waals surface area contributed by atoms with Crippen LogP contribution in [0.15, 0.2) is 12.1 Å². The van der Waals surface area contributed by atoms with Crippen LogP contribution in [0.1, 0.15) is 16.7 Å². The van der Waals surface area contributed by atoms with Crippen molar-refractivity contribution in [2.24, 2.45) is 0 Å². The van der Waals surface area contributed by atoms with Crippen LogP contribution < -0.4 is 0 Å². The third-order valence-electron chi connectivity index (χ3n) is 1.74. The van der Waals surface area contributed by atoms with Gasteiger partial charge in [-0.2, -0.15) is 42.5 Å². The molecule has 1 aromatic carbocycles. The summed E-state index contributed by atoms with van der Waals surface area (Å²) in [6, 6.07) is 4.66. The van der Waals surface area contributed by atoms with Crippen LogP contribution in [0, 0.1) is 19.9 Å². The smallest absolute Gasteiger partial charge is 0.180 e. The molecule has 0 amide bonds. The van der Waals surface area contributed by atoms with Crippen LogP contribution in [0.3, 0.4) is 0 Å². The van der Waals surface area contributed by atoms with E-state index in [1.165, 1.54) is 0 Å². The van der Waals surface area contributed by atoms with Gasteiger partial charge in [-0.25, -0.2) is 0 Å². The maximum atomic E-state index is 12.1. The van der Waals surface area contributed by atoms with E-state index < -0.39 is 11.7 Å². The van der Waals surface area contributed by atoms with Crippen LogP contribution >= 0.6 is 0 Å². The van der Waals surface area contributed by atoms with Gasteiger partial charge in [-0.1, -0.05) is 19.4 Å². The summed E-state index contributed by atoms with van der Waals surface area (Å²) in [6.45, 7) is 3.37. The van der Waals surface area contributed by atoms with Gasteiger partial charge >= 0.3 is 6.18 Å². The van der Waals surface area contributed by atoms with Gasteiger partial charge in [0.25, 0.3) is 0 Å². The van der Waals surface area contributed by atoms with Gasteiger partial charge in [0.1, 0.15) is 0 Å². The van der Waals surface area contributed by atoms with Crippen molar-refractivity contribution in [1.29, 1.82) is 0 Å². The SMILES string of the molecule is Cc1[c-]cc(C(F)(F)F)cc1C. The predicted octanol–water partition coefficient (Wildman–Crippen LogP) is 3.12. The van der Waals surface area contributed by atoms with E-state index in [1.54, 1.807) is 13.8 Å². The maximum Gasteiger partial charge on any atom is 0.370 e. The van der Waals surface area contributed by atoms with Crippen LogP contribution in [0.5, 0.6) is 0 Å². The van der Waals surface area contributed by atoms with Crippen molar-refractivity contribution in [3.05, 3.63) is 34.9 Å². The summed E-state index contributed by atoms with van der Waals surface area (Å²) in [7, 11) is 0. The highest BCUT2D eigenvalue weighted by molar-refractivity contribution is 5.30. The molecule has 0 saturated carbocycles. The van der Waals surface area contributed by atoms with Crippen molar-refractivity contribution >= 4 is 0 Å². The maximum absolute atomic E-state index is 12.1. The molecule has 0 bridgehead atoms. The Morgan fingerprint density at radius 3 is 2.25 bits per heavy atom. The average molecular weight is 173 g/mol. The summed E-state index contributed by atoms with van der Waals surface area (Å²) in [5.41, 5.74) is 0.735. The average Bonchev–Trinajstić information content (AvgIpc) is 1.92. The topological polar surface area (TPSA) is 0 Å². The number of rotatable bonds is 0. The molecule has 0 radical (unpaired) electrons. The standard InChI is InChI=1S/C9H8F3/c1-6-3-4-8(5-7(6)2)9(10,11)12/h4-5H,1-2H3/q-1. The molecule has 0 nitrogen and oxygen atoms in total. The van der Waals surface area contributed by atoms with E-state index in [4.69, 9.17) is 0 Å². The molecule has 0 aliphatic heterocycles. The van der Waals surface area contributed by atoms with E-state index in [9.17, 15) is 13.2 Å². The Kier molecular flexibility index (Phi) is 2.13. The second-order valence-corrected chi connectivity index (χ2v) is 2.69. The van der Waals surface area contributed by atoms with Crippen molar-refractivity contribution in [3.8, 4) is 0 Å². The molecule has 66 valence electrons. The van der Waals surface area contributed by atoms with Crippen LogP contribution in [-0.2, 0) is 6.18 Å². The van der Waals surface area contributed by atoms with Gasteiger partial charge in [0.05, 0.1) is 0 Å². The van der Waals surface area contributed by atoms with Crippen molar-refractivity contribution in [2.45, 2.75) is 20.0 Å². The minimum atomic E-state index is -4.26. The molecule has 1 aromatic rings. The molecule has 12 heavy (non-hydrogen) atoms. The molecule has 0 aromatic heterocycles. The van der Waals surface area contributed by atoms with Gasteiger partial charge in [0, 0.05) is 0 Å². The van der Waals surface area contributed by atoms with Gasteiger partial charge in [-0.3, -0.25) is 0 Å². The Hall–Kier alpha value is -0.990. The number of benzene rings is 1. The van der Waals surface area contributed by atoms with Crippen molar-refractivity contribution in [3.63, 3.8) is 0 Å². The normalized spacial score (nSPS) is 11.8. The molecule has 0 fully saturated rings. The zero-order chi connectivity index (χ0) is 9.35. The summed E-state index contributed by atoms with van der Waals surface area (Å²) in [4.78, 5) is 0. The summed E-state index contributed by atoms with van der Waals surface area (Å²) < 4.78 is 36.2. The largest absolute Gasteiger partial charge is 0.370 e. The molecule has 0 unspecified atom stereocenters. The predicted molar refractivity (Wildman–Crippen MR) is 39.8 cm³/mol. The Balaban J connectivity index is 3.14. The molecule has 0 N–H and O–H groups in total. The highest BCUT2D eigenvalue weighted by Crippen LogP contribution is 2.29. The third-order valence-corrected chi connectivity index (χ3v) is 1.74. The zero-order valence-corrected chi connectivity index (χ0v) is 6.79. The lowest BCUT2D eigenvalue weighted by molar-refractivity contribution is -0.137. The first-order valence-electron chi connectivity index (χ1n) is 3.47. The minimum Gasteiger partial charge on any atom is -0.180 e. The van der Waals surface area contributed by atoms with E-state index in [0.29, 0.717) is 5.56 Å². The lowest BCUT2D eigenvalue weighted by atomic mass is 10.1. The Labute approximate surface area is 69.0 Å². The summed E-state index contributed by atoms with van der Waals surface area (Å²) in [5, 5.41) is 0.